The number of hydrogen-bond acceptors (Lipinski definition) is 4. The van der Waals surface area contributed by atoms with E-state index in [1.165, 1.54) is 10.9 Å². The first-order chi connectivity index (χ1) is 10.3. The Morgan fingerprint density at radius 2 is 2.05 bits per heavy atom. The molecule has 2 heterocycles. The van der Waals surface area contributed by atoms with Gasteiger partial charge in [-0.25, -0.2) is 0 Å². The number of hydrogen-bond donors (Lipinski definition) is 2. The SMILES string of the molecule is OC(CNCCc1cccc2cccnc12)c1cccs1. The molecule has 0 amide bonds. The largest absolute Gasteiger partial charge is 0.386 e. The second-order valence-electron chi connectivity index (χ2n) is 4.98. The number of aliphatic hydroxyl groups excluding tert-OH is 1. The summed E-state index contributed by atoms with van der Waals surface area (Å²) < 4.78 is 0. The van der Waals surface area contributed by atoms with Crippen LogP contribution in [0.15, 0.2) is 54.0 Å². The highest BCUT2D eigenvalue weighted by atomic mass is 32.1. The fourth-order valence-electron chi connectivity index (χ4n) is 2.41. The van der Waals surface area contributed by atoms with Crippen LogP contribution >= 0.6 is 11.3 Å². The lowest BCUT2D eigenvalue weighted by molar-refractivity contribution is 0.179. The Kier molecular flexibility index (Phi) is 4.60. The molecule has 2 aromatic heterocycles. The van der Waals surface area contributed by atoms with Gasteiger partial charge in [-0.05, 0) is 36.0 Å². The molecule has 1 aromatic carbocycles. The van der Waals surface area contributed by atoms with Gasteiger partial charge in [0.2, 0.25) is 0 Å². The highest BCUT2D eigenvalue weighted by Gasteiger charge is 2.07. The number of benzene rings is 1. The average molecular weight is 298 g/mol. The Hall–Kier alpha value is -1.75. The molecule has 0 aliphatic carbocycles. The molecule has 0 saturated heterocycles. The van der Waals surface area contributed by atoms with Crippen molar-refractivity contribution in [2.75, 3.05) is 13.1 Å². The van der Waals surface area contributed by atoms with E-state index in [0.29, 0.717) is 6.54 Å². The molecular weight excluding hydrogens is 280 g/mol. The molecule has 21 heavy (non-hydrogen) atoms. The van der Waals surface area contributed by atoms with Crippen LogP contribution in [0.3, 0.4) is 0 Å². The zero-order valence-corrected chi connectivity index (χ0v) is 12.5. The average Bonchev–Trinajstić information content (AvgIpc) is 3.06. The quantitative estimate of drug-likeness (QED) is 0.687. The van der Waals surface area contributed by atoms with Crippen molar-refractivity contribution in [3.63, 3.8) is 0 Å². The molecule has 3 nitrogen and oxygen atoms in total. The maximum atomic E-state index is 10.0. The van der Waals surface area contributed by atoms with Gasteiger partial charge in [0.1, 0.15) is 6.10 Å². The van der Waals surface area contributed by atoms with Crippen LogP contribution in [0.25, 0.3) is 10.9 Å². The fourth-order valence-corrected chi connectivity index (χ4v) is 3.12. The smallest absolute Gasteiger partial charge is 0.101 e. The minimum absolute atomic E-state index is 0.421. The van der Waals surface area contributed by atoms with Crippen LogP contribution in [0, 0.1) is 0 Å². The van der Waals surface area contributed by atoms with E-state index in [-0.39, 0.29) is 0 Å². The molecule has 3 aromatic rings. The Bertz CT molecular complexity index is 692. The predicted octanol–water partition coefficient (Wildman–Crippen LogP) is 3.16. The van der Waals surface area contributed by atoms with Gasteiger partial charge in [0, 0.05) is 23.0 Å². The van der Waals surface area contributed by atoms with Crippen molar-refractivity contribution in [3.05, 3.63) is 64.5 Å². The Balaban J connectivity index is 1.55. The number of rotatable bonds is 6. The van der Waals surface area contributed by atoms with Gasteiger partial charge in [-0.1, -0.05) is 30.3 Å². The van der Waals surface area contributed by atoms with Crippen molar-refractivity contribution in [2.24, 2.45) is 0 Å². The minimum Gasteiger partial charge on any atom is -0.386 e. The fraction of sp³-hybridized carbons (Fsp3) is 0.235. The number of nitrogens with zero attached hydrogens (tertiary/aromatic N) is 1. The topological polar surface area (TPSA) is 45.1 Å². The molecule has 0 spiro atoms. The summed E-state index contributed by atoms with van der Waals surface area (Å²) in [4.78, 5) is 5.47. The molecule has 0 fully saturated rings. The van der Waals surface area contributed by atoms with E-state index < -0.39 is 6.10 Å². The second-order valence-corrected chi connectivity index (χ2v) is 5.96. The monoisotopic (exact) mass is 298 g/mol. The number of para-hydroxylation sites is 1. The number of aromatic nitrogens is 1. The van der Waals surface area contributed by atoms with Crippen LogP contribution in [0.5, 0.6) is 0 Å². The van der Waals surface area contributed by atoms with E-state index in [4.69, 9.17) is 0 Å². The summed E-state index contributed by atoms with van der Waals surface area (Å²) in [6, 6.07) is 14.2. The lowest BCUT2D eigenvalue weighted by Crippen LogP contribution is -2.23. The third kappa shape index (κ3) is 3.47. The van der Waals surface area contributed by atoms with E-state index in [1.807, 2.05) is 29.8 Å². The van der Waals surface area contributed by atoms with E-state index >= 15 is 0 Å². The van der Waals surface area contributed by atoms with Gasteiger partial charge >= 0.3 is 0 Å². The molecule has 4 heteroatoms. The van der Waals surface area contributed by atoms with Crippen LogP contribution in [0.2, 0.25) is 0 Å². The zero-order chi connectivity index (χ0) is 14.5. The first kappa shape index (κ1) is 14.2. The van der Waals surface area contributed by atoms with Crippen LogP contribution in [-0.2, 0) is 6.42 Å². The molecule has 0 aliphatic heterocycles. The van der Waals surface area contributed by atoms with E-state index in [1.54, 1.807) is 11.3 Å². The molecule has 3 rings (SSSR count). The molecule has 1 atom stereocenters. The summed E-state index contributed by atoms with van der Waals surface area (Å²) in [5.41, 5.74) is 2.31. The summed E-state index contributed by atoms with van der Waals surface area (Å²) in [5.74, 6) is 0. The van der Waals surface area contributed by atoms with Crippen molar-refractivity contribution in [1.82, 2.24) is 10.3 Å². The Labute approximate surface area is 128 Å². The van der Waals surface area contributed by atoms with Gasteiger partial charge in [-0.3, -0.25) is 4.98 Å². The van der Waals surface area contributed by atoms with Crippen LogP contribution in [0.4, 0.5) is 0 Å². The molecular formula is C17H18N2OS. The number of aliphatic hydroxyl groups is 1. The van der Waals surface area contributed by atoms with Crippen molar-refractivity contribution >= 4 is 22.2 Å². The lowest BCUT2D eigenvalue weighted by atomic mass is 10.1. The van der Waals surface area contributed by atoms with Gasteiger partial charge in [-0.15, -0.1) is 11.3 Å². The molecule has 0 saturated carbocycles. The van der Waals surface area contributed by atoms with E-state index in [2.05, 4.69) is 34.6 Å². The molecule has 0 radical (unpaired) electrons. The third-order valence-electron chi connectivity index (χ3n) is 3.50. The minimum atomic E-state index is -0.421. The van der Waals surface area contributed by atoms with Crippen molar-refractivity contribution in [2.45, 2.75) is 12.5 Å². The second kappa shape index (κ2) is 6.80. The first-order valence-corrected chi connectivity index (χ1v) is 7.97. The van der Waals surface area contributed by atoms with Crippen molar-refractivity contribution < 1.29 is 5.11 Å². The molecule has 1 unspecified atom stereocenters. The summed E-state index contributed by atoms with van der Waals surface area (Å²) in [7, 11) is 0. The Morgan fingerprint density at radius 1 is 1.14 bits per heavy atom. The maximum Gasteiger partial charge on any atom is 0.101 e. The molecule has 108 valence electrons. The van der Waals surface area contributed by atoms with Crippen molar-refractivity contribution in [3.8, 4) is 0 Å². The highest BCUT2D eigenvalue weighted by molar-refractivity contribution is 7.10. The zero-order valence-electron chi connectivity index (χ0n) is 11.7. The summed E-state index contributed by atoms with van der Waals surface area (Å²) in [5, 5.41) is 16.5. The normalized spacial score (nSPS) is 12.6. The maximum absolute atomic E-state index is 10.0. The van der Waals surface area contributed by atoms with Gasteiger partial charge in [0.15, 0.2) is 0 Å². The lowest BCUT2D eigenvalue weighted by Gasteiger charge is -2.10. The van der Waals surface area contributed by atoms with E-state index in [9.17, 15) is 5.11 Å². The highest BCUT2D eigenvalue weighted by Crippen LogP contribution is 2.18. The van der Waals surface area contributed by atoms with Crippen LogP contribution in [0.1, 0.15) is 16.5 Å². The Morgan fingerprint density at radius 3 is 2.90 bits per heavy atom. The first-order valence-electron chi connectivity index (χ1n) is 7.09. The summed E-state index contributed by atoms with van der Waals surface area (Å²) in [6.07, 6.45) is 2.32. The summed E-state index contributed by atoms with van der Waals surface area (Å²) in [6.45, 7) is 1.41. The standard InChI is InChI=1S/C17H18N2OS/c20-15(16-7-3-11-21-16)12-18-10-8-14-5-1-4-13-6-2-9-19-17(13)14/h1-7,9,11,15,18,20H,8,10,12H2. The summed E-state index contributed by atoms with van der Waals surface area (Å²) >= 11 is 1.59. The third-order valence-corrected chi connectivity index (χ3v) is 4.47. The van der Waals surface area contributed by atoms with Gasteiger partial charge < -0.3 is 10.4 Å². The number of fused-ring (bicyclic) bond motifs is 1. The van der Waals surface area contributed by atoms with E-state index in [0.717, 1.165) is 23.4 Å². The van der Waals surface area contributed by atoms with Crippen LogP contribution in [-0.4, -0.2) is 23.2 Å². The van der Waals surface area contributed by atoms with Gasteiger partial charge in [0.05, 0.1) is 5.52 Å². The number of pyridine rings is 1. The molecule has 2 N–H and O–H groups in total. The molecule has 0 aliphatic rings. The molecule has 0 bridgehead atoms. The van der Waals surface area contributed by atoms with Crippen molar-refractivity contribution in [1.29, 1.82) is 0 Å². The predicted molar refractivity (Wildman–Crippen MR) is 87.6 cm³/mol. The van der Waals surface area contributed by atoms with Gasteiger partial charge in [-0.2, -0.15) is 0 Å². The van der Waals surface area contributed by atoms with Gasteiger partial charge in [0.25, 0.3) is 0 Å². The van der Waals surface area contributed by atoms with Crippen LogP contribution < -0.4 is 5.32 Å². The number of thiophene rings is 1. The number of nitrogens with one attached hydrogen (secondary N) is 1.